The molecule has 0 aliphatic rings. The van der Waals surface area contributed by atoms with Crippen LogP contribution in [-0.4, -0.2) is 58.4 Å². The van der Waals surface area contributed by atoms with Gasteiger partial charge in [-0.1, -0.05) is 68.1 Å². The molecule has 0 saturated heterocycles. The number of hydrogen-bond donors (Lipinski definition) is 0. The Balaban J connectivity index is 2.74. The van der Waals surface area contributed by atoms with Crippen molar-refractivity contribution in [1.82, 2.24) is 4.98 Å². The summed E-state index contributed by atoms with van der Waals surface area (Å²) in [4.78, 5) is 17.1. The molecule has 0 fully saturated rings. The molecular formula is C25H38INO6Si. The minimum absolute atomic E-state index is 0.112. The zero-order valence-corrected chi connectivity index (χ0v) is 24.3. The van der Waals surface area contributed by atoms with E-state index < -0.39 is 25.6 Å². The Bertz CT molecular complexity index is 837. The summed E-state index contributed by atoms with van der Waals surface area (Å²) in [6.45, 7) is 12.1. The Labute approximate surface area is 218 Å². The summed E-state index contributed by atoms with van der Waals surface area (Å²) in [5.74, 6) is 2.30. The van der Waals surface area contributed by atoms with Crippen LogP contribution >= 0.6 is 22.6 Å². The molecule has 1 rings (SSSR count). The Kier molecular flexibility index (Phi) is 14.0. The first-order valence-corrected chi connectivity index (χ1v) is 16.2. The molecule has 1 aromatic heterocycles. The van der Waals surface area contributed by atoms with E-state index in [0.29, 0.717) is 31.9 Å². The molecule has 9 heteroatoms. The lowest BCUT2D eigenvalue weighted by atomic mass is 9.85. The maximum atomic E-state index is 12.8. The number of methoxy groups -OCH3 is 1. The second-order valence-electron chi connectivity index (χ2n) is 9.80. The monoisotopic (exact) mass is 603 g/mol. The van der Waals surface area contributed by atoms with Crippen LogP contribution in [0.3, 0.4) is 0 Å². The number of rotatable bonds is 16. The molecule has 1 aromatic rings. The van der Waals surface area contributed by atoms with Gasteiger partial charge in [0, 0.05) is 33.6 Å². The molecule has 190 valence electrons. The Morgan fingerprint density at radius 2 is 2.09 bits per heavy atom. The van der Waals surface area contributed by atoms with Crippen LogP contribution in [-0.2, 0) is 25.4 Å². The van der Waals surface area contributed by atoms with Gasteiger partial charge in [0.15, 0.2) is 11.6 Å². The van der Waals surface area contributed by atoms with Gasteiger partial charge in [-0.3, -0.25) is 0 Å². The second kappa shape index (κ2) is 15.5. The van der Waals surface area contributed by atoms with Gasteiger partial charge in [-0.05, 0) is 22.3 Å². The van der Waals surface area contributed by atoms with Crippen LogP contribution in [0, 0.1) is 17.8 Å². The van der Waals surface area contributed by atoms with Crippen molar-refractivity contribution in [2.24, 2.45) is 5.41 Å². The van der Waals surface area contributed by atoms with Crippen molar-refractivity contribution in [2.75, 3.05) is 27.1 Å². The Morgan fingerprint density at radius 3 is 2.71 bits per heavy atom. The van der Waals surface area contributed by atoms with Crippen molar-refractivity contribution in [3.05, 3.63) is 40.2 Å². The lowest BCUT2D eigenvalue weighted by Gasteiger charge is -2.32. The number of oxazole rings is 1. The largest absolute Gasteiger partial charge is 0.457 e. The van der Waals surface area contributed by atoms with Crippen molar-refractivity contribution in [2.45, 2.75) is 64.6 Å². The van der Waals surface area contributed by atoms with Crippen LogP contribution in [0.5, 0.6) is 0 Å². The molecule has 0 unspecified atom stereocenters. The Morgan fingerprint density at radius 1 is 1.35 bits per heavy atom. The highest BCUT2D eigenvalue weighted by molar-refractivity contribution is 14.1. The van der Waals surface area contributed by atoms with Crippen molar-refractivity contribution >= 4 is 36.6 Å². The van der Waals surface area contributed by atoms with Gasteiger partial charge in [-0.2, -0.15) is 0 Å². The first-order valence-electron chi connectivity index (χ1n) is 11.2. The van der Waals surface area contributed by atoms with Gasteiger partial charge in [0.2, 0.25) is 0 Å². The fourth-order valence-corrected chi connectivity index (χ4v) is 4.07. The van der Waals surface area contributed by atoms with Crippen molar-refractivity contribution in [3.63, 3.8) is 0 Å². The minimum Gasteiger partial charge on any atom is -0.457 e. The fraction of sp³-hybridized carbons (Fsp3) is 0.600. The summed E-state index contributed by atoms with van der Waals surface area (Å²) in [6.07, 6.45) is 12.1. The number of halogens is 1. The maximum absolute atomic E-state index is 12.8. The van der Waals surface area contributed by atoms with E-state index in [4.69, 9.17) is 29.8 Å². The number of aromatic nitrogens is 1. The molecule has 0 amide bonds. The quantitative estimate of drug-likeness (QED) is 0.0604. The van der Waals surface area contributed by atoms with E-state index in [0.717, 1.165) is 6.04 Å². The molecule has 34 heavy (non-hydrogen) atoms. The number of allylic oxidation sites excluding steroid dienone is 1. The van der Waals surface area contributed by atoms with Crippen molar-refractivity contribution in [1.29, 1.82) is 0 Å². The normalized spacial score (nSPS) is 14.4. The van der Waals surface area contributed by atoms with Gasteiger partial charge >= 0.3 is 5.97 Å². The lowest BCUT2D eigenvalue weighted by Crippen LogP contribution is -2.38. The van der Waals surface area contributed by atoms with E-state index in [-0.39, 0.29) is 18.6 Å². The van der Waals surface area contributed by atoms with Crippen molar-refractivity contribution < 1.29 is 28.2 Å². The third-order valence-electron chi connectivity index (χ3n) is 5.05. The summed E-state index contributed by atoms with van der Waals surface area (Å²) in [6, 6.07) is 1.08. The average Bonchev–Trinajstić information content (AvgIpc) is 3.23. The van der Waals surface area contributed by atoms with Gasteiger partial charge in [0.25, 0.3) is 0 Å². The van der Waals surface area contributed by atoms with E-state index in [9.17, 15) is 4.79 Å². The molecule has 0 bridgehead atoms. The highest BCUT2D eigenvalue weighted by Gasteiger charge is 2.33. The number of carbonyl (C=O) groups is 1. The molecule has 0 N–H and O–H groups in total. The van der Waals surface area contributed by atoms with Gasteiger partial charge < -0.3 is 23.4 Å². The van der Waals surface area contributed by atoms with Crippen LogP contribution < -0.4 is 0 Å². The summed E-state index contributed by atoms with van der Waals surface area (Å²) in [5.41, 5.74) is -0.379. The van der Waals surface area contributed by atoms with Crippen LogP contribution in [0.15, 0.2) is 33.0 Å². The van der Waals surface area contributed by atoms with Gasteiger partial charge in [-0.25, -0.2) is 9.78 Å². The molecule has 1 heterocycles. The molecule has 7 nitrogen and oxygen atoms in total. The van der Waals surface area contributed by atoms with E-state index in [1.165, 1.54) is 6.26 Å². The zero-order valence-electron chi connectivity index (χ0n) is 21.1. The lowest BCUT2D eigenvalue weighted by molar-refractivity contribution is -0.0992. The minimum atomic E-state index is -1.14. The average molecular weight is 604 g/mol. The molecule has 2 atom stereocenters. The zero-order chi connectivity index (χ0) is 25.6. The van der Waals surface area contributed by atoms with Gasteiger partial charge in [0.05, 0.1) is 19.1 Å². The summed E-state index contributed by atoms with van der Waals surface area (Å²) in [5, 5.41) is 0. The number of terminal acetylenes is 1. The molecule has 0 aliphatic carbocycles. The van der Waals surface area contributed by atoms with Crippen LogP contribution in [0.25, 0.3) is 0 Å². The second-order valence-corrected chi connectivity index (χ2v) is 16.1. The van der Waals surface area contributed by atoms with Crippen LogP contribution in [0.4, 0.5) is 0 Å². The van der Waals surface area contributed by atoms with E-state index in [1.807, 2.05) is 24.0 Å². The van der Waals surface area contributed by atoms with Gasteiger partial charge in [-0.15, -0.1) is 6.42 Å². The number of carbonyl (C=O) groups excluding carboxylic acids is 1. The number of nitrogens with zero attached hydrogens (tertiary/aromatic N) is 1. The summed E-state index contributed by atoms with van der Waals surface area (Å²) in [7, 11) is 0.465. The maximum Gasteiger partial charge on any atom is 0.360 e. The SMILES string of the molecule is C#C/C=C\C[C@@H](OC(=O)c1coc(C[C@H](/C=C/I)OC)n1)C(C)(C)COCOCC[Si](C)(C)C. The Hall–Kier alpha value is -1.45. The predicted molar refractivity (Wildman–Crippen MR) is 145 cm³/mol. The number of hydrogen-bond acceptors (Lipinski definition) is 7. The molecule has 0 aromatic carbocycles. The summed E-state index contributed by atoms with van der Waals surface area (Å²) < 4.78 is 29.9. The first-order chi connectivity index (χ1) is 16.0. The fourth-order valence-electron chi connectivity index (χ4n) is 2.85. The molecule has 0 radical (unpaired) electrons. The van der Waals surface area contributed by atoms with E-state index in [2.05, 4.69) is 53.1 Å². The van der Waals surface area contributed by atoms with Gasteiger partial charge in [0.1, 0.15) is 19.2 Å². The predicted octanol–water partition coefficient (Wildman–Crippen LogP) is 5.64. The number of esters is 1. The molecule has 0 aliphatic heterocycles. The van der Waals surface area contributed by atoms with E-state index >= 15 is 0 Å². The van der Waals surface area contributed by atoms with E-state index in [1.54, 1.807) is 19.3 Å². The first kappa shape index (κ1) is 30.6. The summed E-state index contributed by atoms with van der Waals surface area (Å²) >= 11 is 2.12. The third-order valence-corrected chi connectivity index (χ3v) is 7.17. The topological polar surface area (TPSA) is 80.0 Å². The molecular weight excluding hydrogens is 565 g/mol. The molecule has 0 saturated carbocycles. The standard InChI is InChI=1S/C25H38INO6Si/c1-8-9-10-11-22(25(2,3)18-31-19-30-14-15-34(5,6)7)33-24(28)21-17-32-23(27-21)16-20(29-4)12-13-26/h1,9-10,12-13,17,20,22H,11,14-16,18-19H2,2-7H3/b10-9-,13-12+/t20-,22+/m0/s1. The van der Waals surface area contributed by atoms with Crippen LogP contribution in [0.1, 0.15) is 36.6 Å². The molecule has 0 spiro atoms. The van der Waals surface area contributed by atoms with Crippen molar-refractivity contribution in [3.8, 4) is 12.3 Å². The highest BCUT2D eigenvalue weighted by atomic mass is 127. The third kappa shape index (κ3) is 12.3. The smallest absolute Gasteiger partial charge is 0.360 e. The van der Waals surface area contributed by atoms with Crippen LogP contribution in [0.2, 0.25) is 25.7 Å². The highest BCUT2D eigenvalue weighted by Crippen LogP contribution is 2.28. The number of ether oxygens (including phenoxy) is 4.